The molecule has 0 N–H and O–H groups in total. The van der Waals surface area contributed by atoms with E-state index in [0.717, 1.165) is 117 Å². The zero-order valence-corrected chi connectivity index (χ0v) is 41.1. The largest absolute Gasteiger partial charge is 0.382 e. The Morgan fingerprint density at radius 1 is 0.525 bits per heavy atom. The Hall–Kier alpha value is -0.200. The summed E-state index contributed by atoms with van der Waals surface area (Å²) in [5.41, 5.74) is 0.959. The summed E-state index contributed by atoms with van der Waals surface area (Å²) in [6.07, 6.45) is 29.0. The first kappa shape index (κ1) is 49.8. The lowest BCUT2D eigenvalue weighted by Gasteiger charge is -2.38. The molecule has 9 fully saturated rings. The lowest BCUT2D eigenvalue weighted by Crippen LogP contribution is -2.37. The zero-order chi connectivity index (χ0) is 42.6. The molecule has 5 nitrogen and oxygen atoms in total. The van der Waals surface area contributed by atoms with Crippen molar-refractivity contribution in [1.29, 1.82) is 0 Å². The van der Waals surface area contributed by atoms with Crippen LogP contribution in [-0.4, -0.2) is 64.6 Å². The first-order chi connectivity index (χ1) is 28.4. The third-order valence-corrected chi connectivity index (χ3v) is 18.6. The molecule has 15 unspecified atom stereocenters. The van der Waals surface area contributed by atoms with Crippen molar-refractivity contribution in [3.8, 4) is 0 Å². The fraction of sp³-hybridized carbons (Fsp3) is 1.00. The summed E-state index contributed by atoms with van der Waals surface area (Å²) in [6.45, 7) is 31.3. The highest BCUT2D eigenvalue weighted by Gasteiger charge is 2.61. The molecule has 15 atom stereocenters. The van der Waals surface area contributed by atoms with E-state index in [1.54, 1.807) is 0 Å². The molecule has 9 aliphatic carbocycles. The van der Waals surface area contributed by atoms with E-state index in [0.29, 0.717) is 29.1 Å². The average Bonchev–Trinajstić information content (AvgIpc) is 4.11. The van der Waals surface area contributed by atoms with Crippen LogP contribution in [0.1, 0.15) is 198 Å². The van der Waals surface area contributed by atoms with Crippen LogP contribution in [0.2, 0.25) is 0 Å². The molecule has 0 saturated heterocycles. The van der Waals surface area contributed by atoms with Crippen LogP contribution in [-0.2, 0) is 23.7 Å². The minimum absolute atomic E-state index is 0.452. The molecule has 0 aromatic heterocycles. The van der Waals surface area contributed by atoms with E-state index in [2.05, 4.69) is 76.2 Å². The number of hydrogen-bond donors (Lipinski definition) is 0. The maximum absolute atomic E-state index is 5.88. The summed E-state index contributed by atoms with van der Waals surface area (Å²) in [6, 6.07) is 0. The van der Waals surface area contributed by atoms with Gasteiger partial charge in [-0.05, 0) is 219 Å². The van der Waals surface area contributed by atoms with Gasteiger partial charge >= 0.3 is 0 Å². The lowest BCUT2D eigenvalue weighted by molar-refractivity contribution is -0.0413. The smallest absolute Gasteiger partial charge is 0.0636 e. The van der Waals surface area contributed by atoms with E-state index in [9.17, 15) is 0 Å². The van der Waals surface area contributed by atoms with E-state index in [1.165, 1.54) is 122 Å². The highest BCUT2D eigenvalue weighted by atomic mass is 16.5. The van der Waals surface area contributed by atoms with E-state index < -0.39 is 0 Å². The van der Waals surface area contributed by atoms with Crippen molar-refractivity contribution < 1.29 is 23.7 Å². The Labute approximate surface area is 367 Å². The monoisotopic (exact) mass is 829 g/mol. The van der Waals surface area contributed by atoms with Gasteiger partial charge in [0.1, 0.15) is 0 Å². The van der Waals surface area contributed by atoms with Crippen LogP contribution in [0.3, 0.4) is 0 Å². The second-order valence-corrected chi connectivity index (χ2v) is 22.6. The van der Waals surface area contributed by atoms with Crippen molar-refractivity contribution in [2.45, 2.75) is 216 Å². The van der Waals surface area contributed by atoms with Crippen LogP contribution in [0.5, 0.6) is 0 Å². The fourth-order valence-corrected chi connectivity index (χ4v) is 14.7. The summed E-state index contributed by atoms with van der Waals surface area (Å²) < 4.78 is 28.2. The topological polar surface area (TPSA) is 46.2 Å². The molecular formula is C54H100O5. The predicted octanol–water partition coefficient (Wildman–Crippen LogP) is 14.2. The lowest BCUT2D eigenvalue weighted by atomic mass is 9.70. The summed E-state index contributed by atoms with van der Waals surface area (Å²) >= 11 is 0. The van der Waals surface area contributed by atoms with Gasteiger partial charge in [-0.2, -0.15) is 0 Å². The summed E-state index contributed by atoms with van der Waals surface area (Å²) in [4.78, 5) is 0. The Balaban J connectivity index is 0.000000140. The number of rotatable bonds is 14. The molecular weight excluding hydrogens is 729 g/mol. The van der Waals surface area contributed by atoms with Crippen LogP contribution in [0.15, 0.2) is 0 Å². The van der Waals surface area contributed by atoms with Crippen molar-refractivity contribution >= 4 is 0 Å². The molecule has 346 valence electrons. The highest BCUT2D eigenvalue weighted by molar-refractivity contribution is 5.11. The maximum atomic E-state index is 5.88. The quantitative estimate of drug-likeness (QED) is 0.163. The van der Waals surface area contributed by atoms with E-state index in [4.69, 9.17) is 23.7 Å². The molecule has 9 rings (SSSR count). The summed E-state index contributed by atoms with van der Waals surface area (Å²) in [5, 5.41) is 0. The first-order valence-corrected chi connectivity index (χ1v) is 26.4. The van der Waals surface area contributed by atoms with Crippen molar-refractivity contribution in [3.63, 3.8) is 0 Å². The Bertz CT molecular complexity index is 1160. The second kappa shape index (κ2) is 24.2. The number of ether oxygens (including phenoxy) is 5. The molecule has 0 radical (unpaired) electrons. The third kappa shape index (κ3) is 13.2. The van der Waals surface area contributed by atoms with Gasteiger partial charge in [-0.1, -0.05) is 60.8 Å². The van der Waals surface area contributed by atoms with Crippen LogP contribution < -0.4 is 0 Å². The van der Waals surface area contributed by atoms with E-state index in [-0.39, 0.29) is 0 Å². The van der Waals surface area contributed by atoms with Gasteiger partial charge in [0.25, 0.3) is 0 Å². The molecule has 5 heteroatoms. The molecule has 0 heterocycles. The van der Waals surface area contributed by atoms with Gasteiger partial charge in [-0.25, -0.2) is 0 Å². The Morgan fingerprint density at radius 2 is 1.10 bits per heavy atom. The molecule has 9 aliphatic rings. The van der Waals surface area contributed by atoms with Crippen LogP contribution >= 0.6 is 0 Å². The zero-order valence-electron chi connectivity index (χ0n) is 41.1. The SMILES string of the molecule is CCOC1CC(C)CCC1C(C)C.CCOC1CC2CCC1(C)C2(C)C.CCOC1CC2CCC1C2.CCOCC1CC2CCC1C2.CCOCCC1CC2CCC1C2. The maximum Gasteiger partial charge on any atom is 0.0636 e. The van der Waals surface area contributed by atoms with E-state index in [1.807, 2.05) is 0 Å². The molecule has 9 saturated carbocycles. The molecule has 0 spiro atoms. The van der Waals surface area contributed by atoms with Crippen molar-refractivity contribution in [1.82, 2.24) is 0 Å². The molecule has 0 aromatic carbocycles. The molecule has 8 bridgehead atoms. The van der Waals surface area contributed by atoms with Gasteiger partial charge in [0.05, 0.1) is 18.3 Å². The first-order valence-electron chi connectivity index (χ1n) is 26.4. The minimum atomic E-state index is 0.452. The van der Waals surface area contributed by atoms with Gasteiger partial charge in [0, 0.05) is 46.2 Å². The normalized spacial score (nSPS) is 41.5. The fourth-order valence-electron chi connectivity index (χ4n) is 14.7. The molecule has 0 aromatic rings. The van der Waals surface area contributed by atoms with E-state index >= 15 is 0 Å². The average molecular weight is 829 g/mol. The van der Waals surface area contributed by atoms with Crippen molar-refractivity contribution in [2.24, 2.45) is 81.8 Å². The third-order valence-electron chi connectivity index (χ3n) is 18.6. The van der Waals surface area contributed by atoms with Crippen LogP contribution in [0.4, 0.5) is 0 Å². The number of hydrogen-bond acceptors (Lipinski definition) is 5. The molecule has 0 aliphatic heterocycles. The minimum Gasteiger partial charge on any atom is -0.382 e. The van der Waals surface area contributed by atoms with Gasteiger partial charge < -0.3 is 23.7 Å². The Morgan fingerprint density at radius 3 is 1.56 bits per heavy atom. The summed E-state index contributed by atoms with van der Waals surface area (Å²) in [7, 11) is 0. The van der Waals surface area contributed by atoms with Crippen molar-refractivity contribution in [3.05, 3.63) is 0 Å². The molecule has 59 heavy (non-hydrogen) atoms. The van der Waals surface area contributed by atoms with Gasteiger partial charge in [-0.3, -0.25) is 0 Å². The van der Waals surface area contributed by atoms with Crippen LogP contribution in [0.25, 0.3) is 0 Å². The van der Waals surface area contributed by atoms with Crippen molar-refractivity contribution in [2.75, 3.05) is 46.2 Å². The second-order valence-electron chi connectivity index (χ2n) is 22.6. The standard InChI is InChI=1S/C12H22O.C12H24O.C11H20O.C10H18O.C9H16O/c1-5-13-10-8-9-6-7-12(10,4)11(9,2)3;1-5-13-12-8-10(4)6-7-11(12)9(2)3;1-2-12-6-5-11-8-9-3-4-10(11)7-9;1-2-11-7-10-6-8-3-4-9(10)5-8;1-2-10-9-6-7-3-4-8(9)5-7/h9-10H,5-8H2,1-4H3;9-12H,5-8H2,1-4H3;9-11H,2-8H2,1H3;8-10H,2-7H2,1H3;7-9H,2-6H2,1H3. The van der Waals surface area contributed by atoms with Gasteiger partial charge in [-0.15, -0.1) is 0 Å². The predicted molar refractivity (Wildman–Crippen MR) is 248 cm³/mol. The number of fused-ring (bicyclic) bond motifs is 8. The van der Waals surface area contributed by atoms with Gasteiger partial charge in [0.2, 0.25) is 0 Å². The Kier molecular flexibility index (Phi) is 20.4. The highest BCUT2D eigenvalue weighted by Crippen LogP contribution is 2.66. The van der Waals surface area contributed by atoms with Gasteiger partial charge in [0.15, 0.2) is 0 Å². The van der Waals surface area contributed by atoms with Crippen LogP contribution in [0, 0.1) is 81.8 Å². The molecule has 0 amide bonds. The summed E-state index contributed by atoms with van der Waals surface area (Å²) in [5.74, 6) is 11.6.